The van der Waals surface area contributed by atoms with Crippen molar-refractivity contribution in [1.29, 1.82) is 0 Å². The molecule has 0 N–H and O–H groups in total. The van der Waals surface area contributed by atoms with E-state index in [-0.39, 0.29) is 0 Å². The Bertz CT molecular complexity index is 2050. The van der Waals surface area contributed by atoms with Gasteiger partial charge in [0.25, 0.3) is 0 Å². The van der Waals surface area contributed by atoms with Gasteiger partial charge in [-0.05, 0) is 40.5 Å². The number of rotatable bonds is 0. The van der Waals surface area contributed by atoms with Gasteiger partial charge in [-0.1, -0.05) is 24.3 Å². The molecule has 0 spiro atoms. The van der Waals surface area contributed by atoms with Crippen LogP contribution < -0.4 is 18.3 Å². The van der Waals surface area contributed by atoms with E-state index >= 15 is 0 Å². The molecule has 0 fully saturated rings. The summed E-state index contributed by atoms with van der Waals surface area (Å²) in [5, 5.41) is 1.35. The molecule has 0 radical (unpaired) electrons. The van der Waals surface area contributed by atoms with E-state index in [2.05, 4.69) is 159 Å². The van der Waals surface area contributed by atoms with Crippen molar-refractivity contribution in [3.63, 3.8) is 0 Å². The first-order valence-electron chi connectivity index (χ1n) is 14.6. The Balaban J connectivity index is 1.20. The highest BCUT2D eigenvalue weighted by Crippen LogP contribution is 2.31. The lowest BCUT2D eigenvalue weighted by molar-refractivity contribution is -0.692. The van der Waals surface area contributed by atoms with Gasteiger partial charge in [-0.15, -0.1) is 11.3 Å². The topological polar surface area (TPSA) is 28.4 Å². The fourth-order valence-corrected chi connectivity index (χ4v) is 7.12. The van der Waals surface area contributed by atoms with E-state index < -0.39 is 0 Å². The van der Waals surface area contributed by atoms with Crippen molar-refractivity contribution in [2.75, 3.05) is 0 Å². The summed E-state index contributed by atoms with van der Waals surface area (Å²) in [6, 6.07) is 32.7. The summed E-state index contributed by atoms with van der Waals surface area (Å²) in [5.74, 6) is 0. The average Bonchev–Trinajstić information content (AvgIpc) is 3.39. The molecule has 13 heterocycles. The Hall–Kier alpha value is -5.07. The van der Waals surface area contributed by atoms with Gasteiger partial charge in [0.05, 0.1) is 4.88 Å². The molecule has 0 unspecified atom stereocenters. The van der Waals surface area contributed by atoms with E-state index in [4.69, 9.17) is 4.98 Å². The predicted octanol–water partition coefficient (Wildman–Crippen LogP) is 5.29. The van der Waals surface area contributed by atoms with E-state index in [0.29, 0.717) is 0 Å². The SMILES string of the molecule is c1cc2nc(c1)C[n+]1ccc(cc1)-c1cc[n+](cc1)Cc1c(sc3ccccc13)C[n+]1ccc(cc1)-c1cc[n+](cc1)C2. The summed E-state index contributed by atoms with van der Waals surface area (Å²) in [5.41, 5.74) is 8.33. The number of hydrogen-bond donors (Lipinski definition) is 0. The number of nitrogens with zero attached hydrogens (tertiary/aromatic N) is 5. The monoisotopic (exact) mass is 577 g/mol. The third-order valence-electron chi connectivity index (χ3n) is 8.23. The molecule has 5 nitrogen and oxygen atoms in total. The molecule has 0 atom stereocenters. The van der Waals surface area contributed by atoms with Gasteiger partial charge in [0.1, 0.15) is 11.4 Å². The average molecular weight is 578 g/mol. The second kappa shape index (κ2) is 11.0. The Morgan fingerprint density at radius 1 is 0.442 bits per heavy atom. The molecule has 7 aliphatic heterocycles. The number of pyridine rings is 5. The van der Waals surface area contributed by atoms with Gasteiger partial charge in [-0.3, -0.25) is 0 Å². The maximum Gasteiger partial charge on any atom is 0.190 e. The summed E-state index contributed by atoms with van der Waals surface area (Å²) in [7, 11) is 0. The van der Waals surface area contributed by atoms with Gasteiger partial charge >= 0.3 is 0 Å². The van der Waals surface area contributed by atoms with Crippen molar-refractivity contribution < 1.29 is 18.3 Å². The predicted molar refractivity (Wildman–Crippen MR) is 167 cm³/mol. The summed E-state index contributed by atoms with van der Waals surface area (Å²) in [6.07, 6.45) is 17.4. The van der Waals surface area contributed by atoms with Crippen LogP contribution in [-0.4, -0.2) is 4.98 Å². The third kappa shape index (κ3) is 5.33. The van der Waals surface area contributed by atoms with Crippen LogP contribution in [0.5, 0.6) is 0 Å². The van der Waals surface area contributed by atoms with Gasteiger partial charge in [0.15, 0.2) is 75.8 Å². The Kier molecular flexibility index (Phi) is 6.54. The lowest BCUT2D eigenvalue weighted by atomic mass is 10.1. The highest BCUT2D eigenvalue weighted by atomic mass is 32.1. The molecule has 7 aromatic rings. The summed E-state index contributed by atoms with van der Waals surface area (Å²) in [6.45, 7) is 3.15. The second-order valence-electron chi connectivity index (χ2n) is 11.2. The molecule has 7 aliphatic rings. The zero-order valence-corrected chi connectivity index (χ0v) is 24.6. The van der Waals surface area contributed by atoms with Gasteiger partial charge < -0.3 is 0 Å². The number of hydrogen-bond acceptors (Lipinski definition) is 2. The standard InChI is InChI=1S/C37H31N5S/c1-2-7-36-34(6-1)35-26-41-20-12-30(13-21-41)28-8-16-39(17-9-28)24-32-4-3-5-33(38-32)25-40-18-10-29(11-19-40)31-14-22-42(23-15-31)27-37(35)43-36/h1-23H,24-27H2/q+4. The number of fused-ring (bicyclic) bond motifs is 1. The van der Waals surface area contributed by atoms with E-state index in [0.717, 1.165) is 37.6 Å². The van der Waals surface area contributed by atoms with Crippen LogP contribution in [0.1, 0.15) is 21.8 Å². The second-order valence-corrected chi connectivity index (χ2v) is 12.3. The van der Waals surface area contributed by atoms with Crippen LogP contribution in [0.15, 0.2) is 141 Å². The van der Waals surface area contributed by atoms with Crippen LogP contribution in [0.2, 0.25) is 0 Å². The largest absolute Gasteiger partial charge is 0.244 e. The first kappa shape index (κ1) is 25.6. The molecule has 10 bridgehead atoms. The first-order valence-corrected chi connectivity index (χ1v) is 15.5. The smallest absolute Gasteiger partial charge is 0.190 e. The molecule has 14 rings (SSSR count). The fraction of sp³-hybridized carbons (Fsp3) is 0.108. The molecule has 0 amide bonds. The summed E-state index contributed by atoms with van der Waals surface area (Å²) < 4.78 is 10.3. The Labute approximate surface area is 254 Å². The van der Waals surface area contributed by atoms with Gasteiger partial charge in [-0.2, -0.15) is 13.7 Å². The van der Waals surface area contributed by atoms with Gasteiger partial charge in [0.2, 0.25) is 0 Å². The minimum absolute atomic E-state index is 0.734. The zero-order valence-electron chi connectivity index (χ0n) is 23.8. The quantitative estimate of drug-likeness (QED) is 0.225. The van der Waals surface area contributed by atoms with Crippen LogP contribution in [0.25, 0.3) is 32.3 Å². The molecular formula is C37H31N5S+4. The number of thiophene rings is 1. The summed E-state index contributed by atoms with van der Waals surface area (Å²) >= 11 is 1.90. The van der Waals surface area contributed by atoms with E-state index in [9.17, 15) is 0 Å². The molecule has 6 aromatic heterocycles. The highest BCUT2D eigenvalue weighted by Gasteiger charge is 2.20. The van der Waals surface area contributed by atoms with Crippen molar-refractivity contribution in [1.82, 2.24) is 4.98 Å². The van der Waals surface area contributed by atoms with Crippen molar-refractivity contribution in [3.05, 3.63) is 162 Å². The third-order valence-corrected chi connectivity index (χ3v) is 9.43. The Morgan fingerprint density at radius 2 is 0.884 bits per heavy atom. The molecule has 0 aliphatic carbocycles. The molecule has 0 saturated carbocycles. The number of benzene rings is 1. The maximum absolute atomic E-state index is 4.95. The van der Waals surface area contributed by atoms with Crippen LogP contribution in [0.3, 0.4) is 0 Å². The maximum atomic E-state index is 4.95. The summed E-state index contributed by atoms with van der Waals surface area (Å²) in [4.78, 5) is 6.35. The van der Waals surface area contributed by atoms with Crippen LogP contribution in [0.4, 0.5) is 0 Å². The van der Waals surface area contributed by atoms with Crippen molar-refractivity contribution >= 4 is 21.4 Å². The minimum Gasteiger partial charge on any atom is -0.244 e. The van der Waals surface area contributed by atoms with Crippen LogP contribution in [-0.2, 0) is 26.2 Å². The molecule has 6 heteroatoms. The molecule has 206 valence electrons. The first-order chi connectivity index (χ1) is 21.2. The van der Waals surface area contributed by atoms with Crippen molar-refractivity contribution in [3.8, 4) is 22.3 Å². The normalized spacial score (nSPS) is 12.7. The van der Waals surface area contributed by atoms with E-state index in [1.807, 2.05) is 11.3 Å². The van der Waals surface area contributed by atoms with Gasteiger partial charge in [0, 0.05) is 64.2 Å². The van der Waals surface area contributed by atoms with Gasteiger partial charge in [-0.25, -0.2) is 9.55 Å². The Morgan fingerprint density at radius 3 is 1.40 bits per heavy atom. The molecular weight excluding hydrogens is 547 g/mol. The fourth-order valence-electron chi connectivity index (χ4n) is 5.90. The van der Waals surface area contributed by atoms with Crippen molar-refractivity contribution in [2.24, 2.45) is 0 Å². The lowest BCUT2D eigenvalue weighted by Gasteiger charge is -2.04. The van der Waals surface area contributed by atoms with E-state index in [1.54, 1.807) is 0 Å². The zero-order chi connectivity index (χ0) is 28.6. The molecule has 1 aromatic carbocycles. The van der Waals surface area contributed by atoms with Crippen molar-refractivity contribution in [2.45, 2.75) is 26.2 Å². The van der Waals surface area contributed by atoms with Crippen LogP contribution in [0, 0.1) is 0 Å². The van der Waals surface area contributed by atoms with E-state index in [1.165, 1.54) is 42.8 Å². The minimum atomic E-state index is 0.734. The molecule has 0 saturated heterocycles. The molecule has 43 heavy (non-hydrogen) atoms. The number of aromatic nitrogens is 5. The lowest BCUT2D eigenvalue weighted by Crippen LogP contribution is -2.36. The highest BCUT2D eigenvalue weighted by molar-refractivity contribution is 7.19. The van der Waals surface area contributed by atoms with Crippen LogP contribution >= 0.6 is 11.3 Å².